The Morgan fingerprint density at radius 2 is 1.75 bits per heavy atom. The highest BCUT2D eigenvalue weighted by molar-refractivity contribution is 5.77. The number of piperazine rings is 1. The Bertz CT molecular complexity index is 472. The van der Waals surface area contributed by atoms with Crippen LogP contribution in [0.5, 0.6) is 0 Å². The average molecular weight is 337 g/mol. The molecular formula is C18H31N3O3. The van der Waals surface area contributed by atoms with E-state index in [0.717, 1.165) is 45.4 Å². The van der Waals surface area contributed by atoms with Gasteiger partial charge < -0.3 is 14.9 Å². The molecule has 6 nitrogen and oxygen atoms in total. The molecule has 0 unspecified atom stereocenters. The van der Waals surface area contributed by atoms with Gasteiger partial charge in [-0.05, 0) is 38.0 Å². The molecule has 0 aromatic rings. The number of aliphatic hydroxyl groups excluding tert-OH is 1. The summed E-state index contributed by atoms with van der Waals surface area (Å²) in [7, 11) is 1.86. The Balaban J connectivity index is 1.57. The molecule has 0 spiro atoms. The monoisotopic (exact) mass is 337 g/mol. The molecule has 6 heteroatoms. The van der Waals surface area contributed by atoms with Crippen LogP contribution in [0.25, 0.3) is 0 Å². The molecule has 24 heavy (non-hydrogen) atoms. The van der Waals surface area contributed by atoms with Gasteiger partial charge in [-0.25, -0.2) is 0 Å². The number of nitrogens with zero attached hydrogens (tertiary/aromatic N) is 3. The van der Waals surface area contributed by atoms with E-state index in [-0.39, 0.29) is 23.9 Å². The molecule has 1 aliphatic heterocycles. The first-order valence-electron chi connectivity index (χ1n) is 9.40. The first-order valence-corrected chi connectivity index (χ1v) is 9.40. The zero-order valence-electron chi connectivity index (χ0n) is 15.0. The number of carbonyl (C=O) groups is 2. The quantitative estimate of drug-likeness (QED) is 0.820. The summed E-state index contributed by atoms with van der Waals surface area (Å²) in [5.74, 6) is 0.891. The zero-order valence-corrected chi connectivity index (χ0v) is 15.0. The van der Waals surface area contributed by atoms with Gasteiger partial charge in [-0.1, -0.05) is 0 Å². The maximum absolute atomic E-state index is 12.4. The molecule has 0 bridgehead atoms. The van der Waals surface area contributed by atoms with Gasteiger partial charge in [-0.3, -0.25) is 14.5 Å². The van der Waals surface area contributed by atoms with Gasteiger partial charge in [0.15, 0.2) is 0 Å². The van der Waals surface area contributed by atoms with Crippen LogP contribution in [-0.4, -0.2) is 83.0 Å². The molecule has 3 aliphatic rings. The zero-order chi connectivity index (χ0) is 17.3. The van der Waals surface area contributed by atoms with Crippen molar-refractivity contribution < 1.29 is 14.7 Å². The van der Waals surface area contributed by atoms with Crippen LogP contribution in [0.15, 0.2) is 0 Å². The van der Waals surface area contributed by atoms with Crippen LogP contribution in [0.3, 0.4) is 0 Å². The SMILES string of the molecule is CC(=O)N1CCN([C@@H]2CCC[C@@H](N(C)C(=O)CC3CC3)[C@H]2O)CC1. The average Bonchev–Trinajstić information content (AvgIpc) is 3.38. The van der Waals surface area contributed by atoms with Gasteiger partial charge in [0.2, 0.25) is 11.8 Å². The molecule has 0 aromatic carbocycles. The van der Waals surface area contributed by atoms with Crippen LogP contribution in [0.4, 0.5) is 0 Å². The summed E-state index contributed by atoms with van der Waals surface area (Å²) in [6.07, 6.45) is 5.41. The van der Waals surface area contributed by atoms with Gasteiger partial charge in [-0.2, -0.15) is 0 Å². The van der Waals surface area contributed by atoms with E-state index in [1.807, 2.05) is 11.9 Å². The Kier molecular flexibility index (Phi) is 5.45. The van der Waals surface area contributed by atoms with Crippen LogP contribution in [-0.2, 0) is 9.59 Å². The normalized spacial score (nSPS) is 31.8. The second-order valence-electron chi connectivity index (χ2n) is 7.75. The fourth-order valence-electron chi connectivity index (χ4n) is 4.22. The van der Waals surface area contributed by atoms with Crippen molar-refractivity contribution in [3.8, 4) is 0 Å². The van der Waals surface area contributed by atoms with Crippen LogP contribution in [0.2, 0.25) is 0 Å². The fraction of sp³-hybridized carbons (Fsp3) is 0.889. The van der Waals surface area contributed by atoms with E-state index in [0.29, 0.717) is 12.3 Å². The Morgan fingerprint density at radius 1 is 1.08 bits per heavy atom. The van der Waals surface area contributed by atoms with Gasteiger partial charge in [0.05, 0.1) is 12.1 Å². The third kappa shape index (κ3) is 3.91. The van der Waals surface area contributed by atoms with E-state index < -0.39 is 6.10 Å². The largest absolute Gasteiger partial charge is 0.389 e. The minimum atomic E-state index is -0.490. The lowest BCUT2D eigenvalue weighted by Gasteiger charge is -2.46. The molecule has 1 saturated heterocycles. The van der Waals surface area contributed by atoms with Crippen LogP contribution >= 0.6 is 0 Å². The molecule has 1 N–H and O–H groups in total. The maximum atomic E-state index is 12.4. The van der Waals surface area contributed by atoms with Crippen molar-refractivity contribution in [3.63, 3.8) is 0 Å². The van der Waals surface area contributed by atoms with Crippen LogP contribution < -0.4 is 0 Å². The Hall–Kier alpha value is -1.14. The highest BCUT2D eigenvalue weighted by atomic mass is 16.3. The summed E-state index contributed by atoms with van der Waals surface area (Å²) in [5, 5.41) is 10.9. The predicted molar refractivity (Wildman–Crippen MR) is 91.4 cm³/mol. The summed E-state index contributed by atoms with van der Waals surface area (Å²) >= 11 is 0. The maximum Gasteiger partial charge on any atom is 0.222 e. The lowest BCUT2D eigenvalue weighted by Crippen LogP contribution is -2.60. The topological polar surface area (TPSA) is 64.1 Å². The van der Waals surface area contributed by atoms with Crippen molar-refractivity contribution in [1.29, 1.82) is 0 Å². The van der Waals surface area contributed by atoms with E-state index in [9.17, 15) is 14.7 Å². The minimum absolute atomic E-state index is 0.0687. The van der Waals surface area contributed by atoms with Gasteiger partial charge in [-0.15, -0.1) is 0 Å². The summed E-state index contributed by atoms with van der Waals surface area (Å²) in [5.41, 5.74) is 0. The van der Waals surface area contributed by atoms with Crippen molar-refractivity contribution in [3.05, 3.63) is 0 Å². The lowest BCUT2D eigenvalue weighted by atomic mass is 9.85. The van der Waals surface area contributed by atoms with Crippen LogP contribution in [0, 0.1) is 5.92 Å². The van der Waals surface area contributed by atoms with Gasteiger partial charge in [0, 0.05) is 52.6 Å². The summed E-state index contributed by atoms with van der Waals surface area (Å²) in [4.78, 5) is 29.9. The second kappa shape index (κ2) is 7.40. The molecule has 136 valence electrons. The van der Waals surface area contributed by atoms with Gasteiger partial charge >= 0.3 is 0 Å². The molecule has 0 radical (unpaired) electrons. The fourth-order valence-corrected chi connectivity index (χ4v) is 4.22. The van der Waals surface area contributed by atoms with Crippen molar-refractivity contribution in [2.24, 2.45) is 5.92 Å². The first-order chi connectivity index (χ1) is 11.5. The van der Waals surface area contributed by atoms with E-state index in [2.05, 4.69) is 4.90 Å². The molecule has 2 saturated carbocycles. The molecule has 3 rings (SSSR count). The Labute approximate surface area is 144 Å². The number of hydrogen-bond acceptors (Lipinski definition) is 4. The first kappa shape index (κ1) is 17.7. The third-order valence-corrected chi connectivity index (χ3v) is 6.07. The molecule has 2 amide bonds. The van der Waals surface area contributed by atoms with Crippen molar-refractivity contribution in [2.45, 2.75) is 63.6 Å². The minimum Gasteiger partial charge on any atom is -0.389 e. The summed E-state index contributed by atoms with van der Waals surface area (Å²) < 4.78 is 0. The van der Waals surface area contributed by atoms with E-state index >= 15 is 0 Å². The van der Waals surface area contributed by atoms with Gasteiger partial charge in [0.1, 0.15) is 0 Å². The molecule has 1 heterocycles. The highest BCUT2D eigenvalue weighted by Crippen LogP contribution is 2.34. The molecule has 3 atom stereocenters. The lowest BCUT2D eigenvalue weighted by molar-refractivity contribution is -0.139. The standard InChI is InChI=1S/C18H31N3O3/c1-13(22)20-8-10-21(11-9-20)16-5-3-4-15(18(16)24)19(2)17(23)12-14-6-7-14/h14-16,18,24H,3-12H2,1-2H3/t15-,16-,18-/m1/s1. The summed E-state index contributed by atoms with van der Waals surface area (Å²) in [6.45, 7) is 4.71. The number of carbonyl (C=O) groups excluding carboxylic acids is 2. The highest BCUT2D eigenvalue weighted by Gasteiger charge is 2.40. The molecule has 2 aliphatic carbocycles. The van der Waals surface area contributed by atoms with E-state index in [4.69, 9.17) is 0 Å². The number of aliphatic hydroxyl groups is 1. The summed E-state index contributed by atoms with van der Waals surface area (Å²) in [6, 6.07) is 0.0369. The second-order valence-corrected chi connectivity index (χ2v) is 7.75. The van der Waals surface area contributed by atoms with Crippen molar-refractivity contribution in [2.75, 3.05) is 33.2 Å². The Morgan fingerprint density at radius 3 is 2.33 bits per heavy atom. The predicted octanol–water partition coefficient (Wildman–Crippen LogP) is 0.691. The number of amides is 2. The molecule has 0 aromatic heterocycles. The number of likely N-dealkylation sites (N-methyl/N-ethyl adjacent to an activating group) is 1. The van der Waals surface area contributed by atoms with Crippen molar-refractivity contribution >= 4 is 11.8 Å². The third-order valence-electron chi connectivity index (χ3n) is 6.07. The molecule has 3 fully saturated rings. The van der Waals surface area contributed by atoms with Crippen molar-refractivity contribution in [1.82, 2.24) is 14.7 Å². The number of hydrogen-bond donors (Lipinski definition) is 1. The van der Waals surface area contributed by atoms with E-state index in [1.165, 1.54) is 12.8 Å². The smallest absolute Gasteiger partial charge is 0.222 e. The van der Waals surface area contributed by atoms with Gasteiger partial charge in [0.25, 0.3) is 0 Å². The number of rotatable bonds is 4. The van der Waals surface area contributed by atoms with Crippen LogP contribution in [0.1, 0.15) is 45.4 Å². The molecular weight excluding hydrogens is 306 g/mol. The van der Waals surface area contributed by atoms with E-state index in [1.54, 1.807) is 11.8 Å².